The topological polar surface area (TPSA) is 43.4 Å². The van der Waals surface area contributed by atoms with Crippen molar-refractivity contribution in [2.24, 2.45) is 0 Å². The van der Waals surface area contributed by atoms with Gasteiger partial charge in [-0.3, -0.25) is 4.98 Å². The molecule has 1 fully saturated rings. The minimum absolute atomic E-state index is 0.108. The minimum Gasteiger partial charge on any atom is -0.381 e. The molecule has 4 nitrogen and oxygen atoms in total. The first-order chi connectivity index (χ1) is 9.94. The average molecular weight is 304 g/mol. The number of nitrogens with one attached hydrogen (secondary N) is 1. The van der Waals surface area contributed by atoms with Crippen molar-refractivity contribution in [3.05, 3.63) is 29.6 Å². The summed E-state index contributed by atoms with van der Waals surface area (Å²) in [5, 5.41) is 2.97. The molecule has 118 valence electrons. The van der Waals surface area contributed by atoms with Crippen molar-refractivity contribution in [2.75, 3.05) is 27.4 Å². The van der Waals surface area contributed by atoms with Crippen LogP contribution >= 0.6 is 0 Å². The van der Waals surface area contributed by atoms with Crippen molar-refractivity contribution in [2.45, 2.75) is 30.7 Å². The molecular weight excluding hydrogens is 285 g/mol. The lowest BCUT2D eigenvalue weighted by Crippen LogP contribution is -2.49. The molecule has 1 unspecified atom stereocenters. The highest BCUT2D eigenvalue weighted by atomic mass is 19.4. The van der Waals surface area contributed by atoms with Gasteiger partial charge in [0.1, 0.15) is 0 Å². The average Bonchev–Trinajstić information content (AvgIpc) is 2.48. The quantitative estimate of drug-likeness (QED) is 0.928. The van der Waals surface area contributed by atoms with Crippen molar-refractivity contribution in [3.63, 3.8) is 0 Å². The SMILES string of the molecule is CNC(c1cnccc1C(F)(F)F)C1(OC)CCOCC1. The molecule has 0 amide bonds. The molecule has 0 radical (unpaired) electrons. The monoisotopic (exact) mass is 304 g/mol. The highest BCUT2D eigenvalue weighted by Gasteiger charge is 2.45. The molecule has 1 atom stereocenters. The Morgan fingerprint density at radius 3 is 2.57 bits per heavy atom. The number of likely N-dealkylation sites (N-methyl/N-ethyl adjacent to an activating group) is 1. The van der Waals surface area contributed by atoms with E-state index in [1.54, 1.807) is 7.05 Å². The fourth-order valence-corrected chi connectivity index (χ4v) is 2.92. The number of rotatable bonds is 4. The van der Waals surface area contributed by atoms with E-state index in [0.29, 0.717) is 26.1 Å². The van der Waals surface area contributed by atoms with Crippen molar-refractivity contribution in [3.8, 4) is 0 Å². The van der Waals surface area contributed by atoms with Crippen LogP contribution in [0.4, 0.5) is 13.2 Å². The zero-order chi connectivity index (χ0) is 15.5. The van der Waals surface area contributed by atoms with Crippen LogP contribution < -0.4 is 5.32 Å². The molecule has 7 heteroatoms. The van der Waals surface area contributed by atoms with Gasteiger partial charge in [0.2, 0.25) is 0 Å². The van der Waals surface area contributed by atoms with Crippen LogP contribution in [0, 0.1) is 0 Å². The Morgan fingerprint density at radius 2 is 2.05 bits per heavy atom. The fourth-order valence-electron chi connectivity index (χ4n) is 2.92. The molecular formula is C14H19F3N2O2. The van der Waals surface area contributed by atoms with Crippen molar-refractivity contribution >= 4 is 0 Å². The first-order valence-corrected chi connectivity index (χ1v) is 6.76. The van der Waals surface area contributed by atoms with E-state index in [1.165, 1.54) is 13.3 Å². The van der Waals surface area contributed by atoms with Crippen molar-refractivity contribution in [1.82, 2.24) is 10.3 Å². The van der Waals surface area contributed by atoms with E-state index < -0.39 is 23.4 Å². The van der Waals surface area contributed by atoms with Gasteiger partial charge in [-0.05, 0) is 13.1 Å². The van der Waals surface area contributed by atoms with Gasteiger partial charge < -0.3 is 14.8 Å². The predicted molar refractivity (Wildman–Crippen MR) is 70.8 cm³/mol. The first kappa shape index (κ1) is 16.2. The standard InChI is InChI=1S/C14H19F3N2O2/c1-18-12(13(20-2)4-7-21-8-5-13)10-9-19-6-3-11(10)14(15,16)17/h3,6,9,12,18H,4-5,7-8H2,1-2H3. The number of alkyl halides is 3. The number of nitrogens with zero attached hydrogens (tertiary/aromatic N) is 1. The summed E-state index contributed by atoms with van der Waals surface area (Å²) in [7, 11) is 3.16. The lowest BCUT2D eigenvalue weighted by Gasteiger charge is -2.42. The van der Waals surface area contributed by atoms with Gasteiger partial charge in [-0.25, -0.2) is 0 Å². The molecule has 1 aliphatic rings. The van der Waals surface area contributed by atoms with Gasteiger partial charge in [0, 0.05) is 51.1 Å². The number of aromatic nitrogens is 1. The summed E-state index contributed by atoms with van der Waals surface area (Å²) in [4.78, 5) is 3.86. The molecule has 0 bridgehead atoms. The number of ether oxygens (including phenoxy) is 2. The third-order valence-electron chi connectivity index (χ3n) is 4.03. The maximum Gasteiger partial charge on any atom is 0.416 e. The normalized spacial score (nSPS) is 20.2. The van der Waals surface area contributed by atoms with E-state index in [2.05, 4.69) is 10.3 Å². The fraction of sp³-hybridized carbons (Fsp3) is 0.643. The Kier molecular flexibility index (Phi) is 4.85. The number of pyridine rings is 1. The van der Waals surface area contributed by atoms with Crippen LogP contribution in [0.15, 0.2) is 18.5 Å². The Hall–Kier alpha value is -1.18. The van der Waals surface area contributed by atoms with Gasteiger partial charge in [0.05, 0.1) is 17.2 Å². The van der Waals surface area contributed by atoms with E-state index in [1.807, 2.05) is 0 Å². The molecule has 1 N–H and O–H groups in total. The van der Waals surface area contributed by atoms with E-state index in [9.17, 15) is 13.2 Å². The van der Waals surface area contributed by atoms with E-state index in [-0.39, 0.29) is 5.56 Å². The van der Waals surface area contributed by atoms with Gasteiger partial charge >= 0.3 is 6.18 Å². The summed E-state index contributed by atoms with van der Waals surface area (Å²) < 4.78 is 50.6. The van der Waals surface area contributed by atoms with Crippen LogP contribution in [0.2, 0.25) is 0 Å². The first-order valence-electron chi connectivity index (χ1n) is 6.76. The molecule has 1 aromatic rings. The van der Waals surface area contributed by atoms with Gasteiger partial charge in [-0.2, -0.15) is 13.2 Å². The zero-order valence-electron chi connectivity index (χ0n) is 12.0. The summed E-state index contributed by atoms with van der Waals surface area (Å²) in [6.45, 7) is 0.932. The van der Waals surface area contributed by atoms with Gasteiger partial charge in [0.15, 0.2) is 0 Å². The molecule has 1 aromatic heterocycles. The number of hydrogen-bond acceptors (Lipinski definition) is 4. The largest absolute Gasteiger partial charge is 0.416 e. The second-order valence-corrected chi connectivity index (χ2v) is 5.06. The van der Waals surface area contributed by atoms with Crippen LogP contribution in [-0.4, -0.2) is 38.0 Å². The zero-order valence-corrected chi connectivity index (χ0v) is 12.0. The lowest BCUT2D eigenvalue weighted by atomic mass is 9.81. The number of hydrogen-bond donors (Lipinski definition) is 1. The van der Waals surface area contributed by atoms with Crippen molar-refractivity contribution in [1.29, 1.82) is 0 Å². The van der Waals surface area contributed by atoms with Gasteiger partial charge in [0.25, 0.3) is 0 Å². The van der Waals surface area contributed by atoms with Crippen molar-refractivity contribution < 1.29 is 22.6 Å². The molecule has 1 aliphatic heterocycles. The molecule has 0 aliphatic carbocycles. The predicted octanol–water partition coefficient (Wildman–Crippen LogP) is 2.56. The second kappa shape index (κ2) is 6.29. The summed E-state index contributed by atoms with van der Waals surface area (Å²) >= 11 is 0. The molecule has 0 saturated carbocycles. The number of methoxy groups -OCH3 is 1. The lowest BCUT2D eigenvalue weighted by molar-refractivity contribution is -0.141. The van der Waals surface area contributed by atoms with E-state index in [4.69, 9.17) is 9.47 Å². The Balaban J connectivity index is 2.46. The Labute approximate surface area is 121 Å². The maximum atomic E-state index is 13.2. The van der Waals surface area contributed by atoms with Crippen LogP contribution in [0.3, 0.4) is 0 Å². The Bertz CT molecular complexity index is 474. The van der Waals surface area contributed by atoms with Crippen LogP contribution in [-0.2, 0) is 15.7 Å². The molecule has 2 rings (SSSR count). The van der Waals surface area contributed by atoms with Gasteiger partial charge in [-0.15, -0.1) is 0 Å². The summed E-state index contributed by atoms with van der Waals surface area (Å²) in [5.74, 6) is 0. The molecule has 2 heterocycles. The van der Waals surface area contributed by atoms with Crippen LogP contribution in [0.1, 0.15) is 30.0 Å². The highest BCUT2D eigenvalue weighted by molar-refractivity contribution is 5.31. The van der Waals surface area contributed by atoms with Crippen LogP contribution in [0.5, 0.6) is 0 Å². The smallest absolute Gasteiger partial charge is 0.381 e. The molecule has 0 spiro atoms. The second-order valence-electron chi connectivity index (χ2n) is 5.06. The van der Waals surface area contributed by atoms with E-state index in [0.717, 1.165) is 12.3 Å². The third kappa shape index (κ3) is 3.20. The Morgan fingerprint density at radius 1 is 1.38 bits per heavy atom. The number of halogens is 3. The van der Waals surface area contributed by atoms with E-state index >= 15 is 0 Å². The minimum atomic E-state index is -4.42. The maximum absolute atomic E-state index is 13.2. The summed E-state index contributed by atoms with van der Waals surface area (Å²) in [5.41, 5.74) is -1.30. The summed E-state index contributed by atoms with van der Waals surface area (Å²) in [6.07, 6.45) is -0.946. The molecule has 0 aromatic carbocycles. The summed E-state index contributed by atoms with van der Waals surface area (Å²) in [6, 6.07) is 0.402. The highest BCUT2D eigenvalue weighted by Crippen LogP contribution is 2.41. The molecule has 21 heavy (non-hydrogen) atoms. The van der Waals surface area contributed by atoms with Crippen LogP contribution in [0.25, 0.3) is 0 Å². The third-order valence-corrected chi connectivity index (χ3v) is 4.03. The molecule has 1 saturated heterocycles. The van der Waals surface area contributed by atoms with Gasteiger partial charge in [-0.1, -0.05) is 0 Å².